The zero-order valence-electron chi connectivity index (χ0n) is 8.95. The molecule has 0 saturated carbocycles. The van der Waals surface area contributed by atoms with Crippen LogP contribution in [0.15, 0.2) is 35.2 Å². The Morgan fingerprint density at radius 3 is 2.13 bits per heavy atom. The van der Waals surface area contributed by atoms with Crippen molar-refractivity contribution in [3.8, 4) is 0 Å². The molecule has 0 N–H and O–H groups in total. The number of halogens is 4. The number of allylic oxidation sites excluding steroid dienone is 6. The van der Waals surface area contributed by atoms with E-state index in [4.69, 9.17) is 0 Å². The molecule has 0 aliphatic heterocycles. The molecule has 0 bridgehead atoms. The lowest BCUT2D eigenvalue weighted by Gasteiger charge is -2.08. The van der Waals surface area contributed by atoms with E-state index in [2.05, 4.69) is 0 Å². The minimum atomic E-state index is -4.43. The Kier molecular flexibility index (Phi) is 5.33. The van der Waals surface area contributed by atoms with Crippen molar-refractivity contribution in [3.05, 3.63) is 35.2 Å². The van der Waals surface area contributed by atoms with Crippen LogP contribution in [0, 0.1) is 0 Å². The Labute approximate surface area is 87.0 Å². The molecule has 0 aromatic carbocycles. The summed E-state index contributed by atoms with van der Waals surface area (Å²) in [6.45, 7) is 4.34. The van der Waals surface area contributed by atoms with Crippen LogP contribution in [0.2, 0.25) is 0 Å². The summed E-state index contributed by atoms with van der Waals surface area (Å²) in [5.41, 5.74) is -0.825. The van der Waals surface area contributed by atoms with Gasteiger partial charge in [-0.25, -0.2) is 4.39 Å². The van der Waals surface area contributed by atoms with Gasteiger partial charge in [0.2, 0.25) is 0 Å². The van der Waals surface area contributed by atoms with Crippen LogP contribution in [-0.4, -0.2) is 6.18 Å². The van der Waals surface area contributed by atoms with E-state index in [0.717, 1.165) is 18.2 Å². The zero-order chi connectivity index (χ0) is 12.1. The highest BCUT2D eigenvalue weighted by molar-refractivity contribution is 5.34. The van der Waals surface area contributed by atoms with Crippen LogP contribution in [0.5, 0.6) is 0 Å². The summed E-state index contributed by atoms with van der Waals surface area (Å²) in [6, 6.07) is 0. The third-order valence-corrected chi connectivity index (χ3v) is 1.75. The average molecular weight is 222 g/mol. The standard InChI is InChI=1S/C11H14F4/c1-4-6-9(11(13,14)15)7-8(3)10(12)5-2/h5-7H,4H2,1-3H3/b8-7-,9-6-,10-5+. The van der Waals surface area contributed by atoms with Crippen LogP contribution < -0.4 is 0 Å². The van der Waals surface area contributed by atoms with Crippen LogP contribution in [-0.2, 0) is 0 Å². The van der Waals surface area contributed by atoms with E-state index in [-0.39, 0.29) is 12.0 Å². The predicted molar refractivity (Wildman–Crippen MR) is 53.1 cm³/mol. The van der Waals surface area contributed by atoms with Crippen LogP contribution in [0.25, 0.3) is 0 Å². The number of hydrogen-bond donors (Lipinski definition) is 0. The van der Waals surface area contributed by atoms with Crippen molar-refractivity contribution >= 4 is 0 Å². The van der Waals surface area contributed by atoms with Crippen molar-refractivity contribution in [2.24, 2.45) is 0 Å². The molecule has 0 aromatic rings. The summed E-state index contributed by atoms with van der Waals surface area (Å²) in [6.07, 6.45) is -1.18. The highest BCUT2D eigenvalue weighted by Crippen LogP contribution is 2.29. The molecule has 0 aromatic heterocycles. The molecular formula is C11H14F4. The maximum Gasteiger partial charge on any atom is 0.416 e. The molecule has 0 nitrogen and oxygen atoms in total. The van der Waals surface area contributed by atoms with Crippen molar-refractivity contribution in [2.75, 3.05) is 0 Å². The molecule has 0 spiro atoms. The van der Waals surface area contributed by atoms with Gasteiger partial charge in [-0.15, -0.1) is 0 Å². The molecule has 0 radical (unpaired) electrons. The summed E-state index contributed by atoms with van der Waals surface area (Å²) in [5, 5.41) is 0. The first-order valence-electron chi connectivity index (χ1n) is 4.60. The van der Waals surface area contributed by atoms with E-state index in [1.54, 1.807) is 6.92 Å². The van der Waals surface area contributed by atoms with E-state index >= 15 is 0 Å². The molecule has 0 atom stereocenters. The molecule has 86 valence electrons. The van der Waals surface area contributed by atoms with Gasteiger partial charge < -0.3 is 0 Å². The highest BCUT2D eigenvalue weighted by Gasteiger charge is 2.31. The summed E-state index contributed by atoms with van der Waals surface area (Å²) in [7, 11) is 0. The fourth-order valence-corrected chi connectivity index (χ4v) is 1.01. The Bertz CT molecular complexity index is 292. The Morgan fingerprint density at radius 1 is 1.27 bits per heavy atom. The van der Waals surface area contributed by atoms with Crippen LogP contribution >= 0.6 is 0 Å². The lowest BCUT2D eigenvalue weighted by atomic mass is 10.1. The van der Waals surface area contributed by atoms with Gasteiger partial charge in [-0.2, -0.15) is 13.2 Å². The van der Waals surface area contributed by atoms with E-state index in [1.807, 2.05) is 0 Å². The molecule has 0 heterocycles. The number of rotatable bonds is 3. The summed E-state index contributed by atoms with van der Waals surface area (Å²) < 4.78 is 50.1. The fourth-order valence-electron chi connectivity index (χ4n) is 1.01. The molecule has 4 heteroatoms. The normalized spacial score (nSPS) is 15.8. The first-order valence-corrected chi connectivity index (χ1v) is 4.60. The topological polar surface area (TPSA) is 0 Å². The molecule has 0 aliphatic carbocycles. The maximum absolute atomic E-state index is 12.9. The molecular weight excluding hydrogens is 208 g/mol. The van der Waals surface area contributed by atoms with Gasteiger partial charge >= 0.3 is 6.18 Å². The minimum absolute atomic E-state index is 0.0190. The van der Waals surface area contributed by atoms with Crippen molar-refractivity contribution in [3.63, 3.8) is 0 Å². The van der Waals surface area contributed by atoms with Gasteiger partial charge in [0.25, 0.3) is 0 Å². The highest BCUT2D eigenvalue weighted by atomic mass is 19.4. The third kappa shape index (κ3) is 4.81. The Hall–Kier alpha value is -1.06. The van der Waals surface area contributed by atoms with Gasteiger partial charge in [0.15, 0.2) is 0 Å². The quantitative estimate of drug-likeness (QED) is 0.479. The molecule has 0 saturated heterocycles. The summed E-state index contributed by atoms with van der Waals surface area (Å²) >= 11 is 0. The van der Waals surface area contributed by atoms with Gasteiger partial charge in [-0.1, -0.05) is 19.1 Å². The molecule has 0 amide bonds. The first-order chi connectivity index (χ1) is 6.82. The zero-order valence-corrected chi connectivity index (χ0v) is 8.95. The lowest BCUT2D eigenvalue weighted by Crippen LogP contribution is -2.10. The van der Waals surface area contributed by atoms with E-state index in [0.29, 0.717) is 0 Å². The lowest BCUT2D eigenvalue weighted by molar-refractivity contribution is -0.0884. The van der Waals surface area contributed by atoms with Gasteiger partial charge in [-0.3, -0.25) is 0 Å². The molecule has 0 fully saturated rings. The smallest absolute Gasteiger partial charge is 0.207 e. The van der Waals surface area contributed by atoms with Crippen LogP contribution in [0.1, 0.15) is 27.2 Å². The molecule has 0 unspecified atom stereocenters. The second kappa shape index (κ2) is 5.73. The van der Waals surface area contributed by atoms with Crippen LogP contribution in [0.4, 0.5) is 17.6 Å². The fraction of sp³-hybridized carbons (Fsp3) is 0.455. The minimum Gasteiger partial charge on any atom is -0.207 e. The molecule has 15 heavy (non-hydrogen) atoms. The van der Waals surface area contributed by atoms with Crippen molar-refractivity contribution in [2.45, 2.75) is 33.4 Å². The van der Waals surface area contributed by atoms with Crippen LogP contribution in [0.3, 0.4) is 0 Å². The van der Waals surface area contributed by atoms with Crippen molar-refractivity contribution in [1.29, 1.82) is 0 Å². The van der Waals surface area contributed by atoms with Gasteiger partial charge in [-0.05, 0) is 31.9 Å². The second-order valence-corrected chi connectivity index (χ2v) is 3.03. The Morgan fingerprint density at radius 2 is 1.80 bits per heavy atom. The van der Waals surface area contributed by atoms with Crippen molar-refractivity contribution < 1.29 is 17.6 Å². The van der Waals surface area contributed by atoms with Gasteiger partial charge in [0.05, 0.1) is 5.57 Å². The van der Waals surface area contributed by atoms with E-state index < -0.39 is 17.6 Å². The predicted octanol–water partition coefficient (Wildman–Crippen LogP) is 4.70. The number of hydrogen-bond acceptors (Lipinski definition) is 0. The summed E-state index contributed by atoms with van der Waals surface area (Å²) in [5.74, 6) is -0.638. The van der Waals surface area contributed by atoms with Gasteiger partial charge in [0, 0.05) is 0 Å². The first kappa shape index (κ1) is 13.9. The SMILES string of the molecule is C\C=C(F)/C(C)=C\C(=C\CC)C(F)(F)F. The third-order valence-electron chi connectivity index (χ3n) is 1.75. The molecule has 0 rings (SSSR count). The van der Waals surface area contributed by atoms with Gasteiger partial charge in [0.1, 0.15) is 5.83 Å². The largest absolute Gasteiger partial charge is 0.416 e. The van der Waals surface area contributed by atoms with E-state index in [1.165, 1.54) is 13.8 Å². The monoisotopic (exact) mass is 222 g/mol. The van der Waals surface area contributed by atoms with Crippen molar-refractivity contribution in [1.82, 2.24) is 0 Å². The molecule has 0 aliphatic rings. The Balaban J connectivity index is 5.09. The number of alkyl halides is 3. The maximum atomic E-state index is 12.9. The summed E-state index contributed by atoms with van der Waals surface area (Å²) in [4.78, 5) is 0. The second-order valence-electron chi connectivity index (χ2n) is 3.03. The van der Waals surface area contributed by atoms with E-state index in [9.17, 15) is 17.6 Å². The average Bonchev–Trinajstić information content (AvgIpc) is 2.14.